The summed E-state index contributed by atoms with van der Waals surface area (Å²) in [7, 11) is 2.14. The average molecular weight is 163 g/mol. The van der Waals surface area contributed by atoms with E-state index in [1.165, 1.54) is 5.57 Å². The topological polar surface area (TPSA) is 31.9 Å². The van der Waals surface area contributed by atoms with E-state index in [0.29, 0.717) is 0 Å². The van der Waals surface area contributed by atoms with Gasteiger partial charge in [0.05, 0.1) is 12.0 Å². The van der Waals surface area contributed by atoms with E-state index in [-0.39, 0.29) is 0 Å². The third-order valence-corrected chi connectivity index (χ3v) is 2.24. The molecule has 1 N–H and O–H groups in total. The molecule has 1 aromatic rings. The van der Waals surface area contributed by atoms with Crippen LogP contribution in [0.25, 0.3) is 5.57 Å². The lowest BCUT2D eigenvalue weighted by molar-refractivity contribution is 0.370. The number of hydrogen-bond acceptors (Lipinski definition) is 2. The van der Waals surface area contributed by atoms with Crippen LogP contribution in [0.2, 0.25) is 0 Å². The molecule has 0 amide bonds. The zero-order valence-corrected chi connectivity index (χ0v) is 7.25. The van der Waals surface area contributed by atoms with Crippen molar-refractivity contribution in [1.82, 2.24) is 14.9 Å². The molecule has 0 radical (unpaired) electrons. The summed E-state index contributed by atoms with van der Waals surface area (Å²) in [6, 6.07) is 0. The predicted octanol–water partition coefficient (Wildman–Crippen LogP) is 1.13. The number of imidazole rings is 1. The third kappa shape index (κ3) is 1.41. The summed E-state index contributed by atoms with van der Waals surface area (Å²) < 4.78 is 0. The van der Waals surface area contributed by atoms with Crippen LogP contribution in [0.3, 0.4) is 0 Å². The fraction of sp³-hybridized carbons (Fsp3) is 0.444. The molecule has 0 saturated carbocycles. The lowest BCUT2D eigenvalue weighted by Gasteiger charge is -2.20. The van der Waals surface area contributed by atoms with E-state index in [4.69, 9.17) is 0 Å². The Hall–Kier alpha value is -1.09. The van der Waals surface area contributed by atoms with Crippen LogP contribution in [0, 0.1) is 0 Å². The van der Waals surface area contributed by atoms with E-state index in [1.54, 1.807) is 6.33 Å². The van der Waals surface area contributed by atoms with E-state index in [2.05, 4.69) is 28.0 Å². The quantitative estimate of drug-likeness (QED) is 0.673. The second-order valence-corrected chi connectivity index (χ2v) is 3.20. The Kier molecular flexibility index (Phi) is 1.96. The maximum atomic E-state index is 4.22. The highest BCUT2D eigenvalue weighted by molar-refractivity contribution is 5.62. The van der Waals surface area contributed by atoms with Gasteiger partial charge in [-0.1, -0.05) is 6.08 Å². The molecule has 3 nitrogen and oxygen atoms in total. The first-order chi connectivity index (χ1) is 5.86. The summed E-state index contributed by atoms with van der Waals surface area (Å²) in [4.78, 5) is 9.50. The molecule has 1 aliphatic rings. The molecule has 0 saturated heterocycles. The molecule has 1 aromatic heterocycles. The van der Waals surface area contributed by atoms with E-state index < -0.39 is 0 Å². The number of H-pyrrole nitrogens is 1. The standard InChI is InChI=1S/C9H13N3/c1-12-4-2-8(3-5-12)9-6-10-7-11-9/h2,6-7H,3-5H2,1H3,(H,10,11). The Bertz CT molecular complexity index is 274. The minimum absolute atomic E-state index is 1.04. The molecular weight excluding hydrogens is 150 g/mol. The molecule has 0 spiro atoms. The first-order valence-electron chi connectivity index (χ1n) is 4.23. The van der Waals surface area contributed by atoms with Crippen molar-refractivity contribution in [2.45, 2.75) is 6.42 Å². The molecule has 0 unspecified atom stereocenters. The van der Waals surface area contributed by atoms with Gasteiger partial charge in [0.15, 0.2) is 0 Å². The molecule has 1 aliphatic heterocycles. The van der Waals surface area contributed by atoms with Crippen molar-refractivity contribution in [2.24, 2.45) is 0 Å². The number of aromatic amines is 1. The Morgan fingerprint density at radius 2 is 2.50 bits per heavy atom. The number of likely N-dealkylation sites (N-methyl/N-ethyl adjacent to an activating group) is 1. The minimum Gasteiger partial charge on any atom is -0.351 e. The number of hydrogen-bond donors (Lipinski definition) is 1. The van der Waals surface area contributed by atoms with Gasteiger partial charge in [0.25, 0.3) is 0 Å². The van der Waals surface area contributed by atoms with Crippen LogP contribution in [-0.2, 0) is 0 Å². The second kappa shape index (κ2) is 3.11. The van der Waals surface area contributed by atoms with Gasteiger partial charge in [-0.25, -0.2) is 4.98 Å². The normalized spacial score (nSPS) is 19.2. The molecule has 2 rings (SSSR count). The van der Waals surface area contributed by atoms with Crippen molar-refractivity contribution in [2.75, 3.05) is 20.1 Å². The maximum absolute atomic E-state index is 4.22. The van der Waals surface area contributed by atoms with Crippen LogP contribution in [0.5, 0.6) is 0 Å². The van der Waals surface area contributed by atoms with Crippen LogP contribution in [0.4, 0.5) is 0 Å². The molecule has 0 bridgehead atoms. The van der Waals surface area contributed by atoms with Gasteiger partial charge in [-0.2, -0.15) is 0 Å². The summed E-state index contributed by atoms with van der Waals surface area (Å²) in [5.41, 5.74) is 2.47. The van der Waals surface area contributed by atoms with Gasteiger partial charge in [0.2, 0.25) is 0 Å². The molecule has 12 heavy (non-hydrogen) atoms. The Balaban J connectivity index is 2.16. The molecule has 0 fully saturated rings. The first kappa shape index (κ1) is 7.55. The number of nitrogens with one attached hydrogen (secondary N) is 1. The number of rotatable bonds is 1. The van der Waals surface area contributed by atoms with E-state index in [1.807, 2.05) is 6.20 Å². The van der Waals surface area contributed by atoms with Crippen LogP contribution in [0.15, 0.2) is 18.6 Å². The van der Waals surface area contributed by atoms with Gasteiger partial charge in [-0.3, -0.25) is 0 Å². The average Bonchev–Trinajstić information content (AvgIpc) is 2.58. The van der Waals surface area contributed by atoms with Crippen LogP contribution in [-0.4, -0.2) is 35.0 Å². The fourth-order valence-electron chi connectivity index (χ4n) is 1.44. The highest BCUT2D eigenvalue weighted by Crippen LogP contribution is 2.18. The zero-order chi connectivity index (χ0) is 8.39. The minimum atomic E-state index is 1.04. The smallest absolute Gasteiger partial charge is 0.0927 e. The van der Waals surface area contributed by atoms with Crippen molar-refractivity contribution < 1.29 is 0 Å². The van der Waals surface area contributed by atoms with Gasteiger partial charge < -0.3 is 9.88 Å². The third-order valence-electron chi connectivity index (χ3n) is 2.24. The highest BCUT2D eigenvalue weighted by Gasteiger charge is 2.09. The lowest BCUT2D eigenvalue weighted by Crippen LogP contribution is -2.23. The van der Waals surface area contributed by atoms with Gasteiger partial charge in [0.1, 0.15) is 0 Å². The first-order valence-corrected chi connectivity index (χ1v) is 4.23. The molecule has 0 aliphatic carbocycles. The van der Waals surface area contributed by atoms with Crippen LogP contribution >= 0.6 is 0 Å². The summed E-state index contributed by atoms with van der Waals surface area (Å²) >= 11 is 0. The summed E-state index contributed by atoms with van der Waals surface area (Å²) in [5.74, 6) is 0. The molecule has 3 heteroatoms. The maximum Gasteiger partial charge on any atom is 0.0927 e. The van der Waals surface area contributed by atoms with Crippen LogP contribution in [0.1, 0.15) is 12.1 Å². The van der Waals surface area contributed by atoms with Crippen LogP contribution < -0.4 is 0 Å². The fourth-order valence-corrected chi connectivity index (χ4v) is 1.44. The van der Waals surface area contributed by atoms with Crippen molar-refractivity contribution in [3.05, 3.63) is 24.3 Å². The van der Waals surface area contributed by atoms with Crippen molar-refractivity contribution in [3.8, 4) is 0 Å². The van der Waals surface area contributed by atoms with E-state index >= 15 is 0 Å². The van der Waals surface area contributed by atoms with Crippen molar-refractivity contribution in [1.29, 1.82) is 0 Å². The molecule has 0 aromatic carbocycles. The van der Waals surface area contributed by atoms with Crippen molar-refractivity contribution >= 4 is 5.57 Å². The molecule has 64 valence electrons. The highest BCUT2D eigenvalue weighted by atomic mass is 15.1. The number of aromatic nitrogens is 2. The van der Waals surface area contributed by atoms with Gasteiger partial charge in [0, 0.05) is 19.3 Å². The largest absolute Gasteiger partial charge is 0.351 e. The van der Waals surface area contributed by atoms with Crippen molar-refractivity contribution in [3.63, 3.8) is 0 Å². The zero-order valence-electron chi connectivity index (χ0n) is 7.25. The van der Waals surface area contributed by atoms with E-state index in [9.17, 15) is 0 Å². The molecular formula is C9H13N3. The monoisotopic (exact) mass is 163 g/mol. The van der Waals surface area contributed by atoms with E-state index in [0.717, 1.165) is 25.2 Å². The SMILES string of the molecule is CN1CC=C(c2c[nH]cn2)CC1. The summed E-state index contributed by atoms with van der Waals surface area (Å²) in [5, 5.41) is 0. The Morgan fingerprint density at radius 1 is 1.58 bits per heavy atom. The number of nitrogens with zero attached hydrogens (tertiary/aromatic N) is 2. The molecule has 2 heterocycles. The summed E-state index contributed by atoms with van der Waals surface area (Å²) in [6.45, 7) is 2.18. The second-order valence-electron chi connectivity index (χ2n) is 3.20. The Labute approximate surface area is 72.1 Å². The van der Waals surface area contributed by atoms with Gasteiger partial charge >= 0.3 is 0 Å². The predicted molar refractivity (Wildman–Crippen MR) is 48.7 cm³/mol. The Morgan fingerprint density at radius 3 is 3.08 bits per heavy atom. The van der Waals surface area contributed by atoms with Gasteiger partial charge in [-0.15, -0.1) is 0 Å². The lowest BCUT2D eigenvalue weighted by atomic mass is 10.1. The van der Waals surface area contributed by atoms with Gasteiger partial charge in [-0.05, 0) is 19.0 Å². The molecule has 0 atom stereocenters. The summed E-state index contributed by atoms with van der Waals surface area (Å²) in [6.07, 6.45) is 7.05.